The number of ether oxygens (including phenoxy) is 2. The molecule has 4 heterocycles. The van der Waals surface area contributed by atoms with Crippen LogP contribution in [0.25, 0.3) is 15.9 Å². The third-order valence-electron chi connectivity index (χ3n) is 5.83. The predicted molar refractivity (Wildman–Crippen MR) is 128 cm³/mol. The zero-order valence-electron chi connectivity index (χ0n) is 18.5. The van der Waals surface area contributed by atoms with Crippen LogP contribution in [0.2, 0.25) is 0 Å². The van der Waals surface area contributed by atoms with E-state index in [4.69, 9.17) is 24.4 Å². The van der Waals surface area contributed by atoms with Crippen molar-refractivity contribution in [3.05, 3.63) is 59.7 Å². The molecule has 1 N–H and O–H groups in total. The molecule has 0 unspecified atom stereocenters. The van der Waals surface area contributed by atoms with Gasteiger partial charge in [0.15, 0.2) is 16.6 Å². The number of thiazole rings is 1. The quantitative estimate of drug-likeness (QED) is 0.429. The molecule has 0 radical (unpaired) electrons. The number of nitrogens with zero attached hydrogens (tertiary/aromatic N) is 5. The van der Waals surface area contributed by atoms with Gasteiger partial charge in [0, 0.05) is 31.8 Å². The summed E-state index contributed by atoms with van der Waals surface area (Å²) in [5.41, 5.74) is 3.91. The van der Waals surface area contributed by atoms with Gasteiger partial charge in [0.25, 0.3) is 0 Å². The van der Waals surface area contributed by atoms with Gasteiger partial charge in [-0.3, -0.25) is 5.10 Å². The second kappa shape index (κ2) is 8.24. The third kappa shape index (κ3) is 3.98. The van der Waals surface area contributed by atoms with E-state index in [1.54, 1.807) is 0 Å². The van der Waals surface area contributed by atoms with E-state index in [2.05, 4.69) is 16.3 Å². The molecular weight excluding hydrogens is 436 g/mol. The predicted octanol–water partition coefficient (Wildman–Crippen LogP) is 5.09. The molecule has 2 aliphatic rings. The van der Waals surface area contributed by atoms with Crippen molar-refractivity contribution in [3.63, 3.8) is 0 Å². The zero-order chi connectivity index (χ0) is 22.4. The average Bonchev–Trinajstić information content (AvgIpc) is 3.38. The third-order valence-corrected chi connectivity index (χ3v) is 7.03. The molecule has 0 spiro atoms. The summed E-state index contributed by atoms with van der Waals surface area (Å²) >= 11 is 1.53. The Kier molecular flexibility index (Phi) is 5.07. The second-order valence-electron chi connectivity index (χ2n) is 8.54. The van der Waals surface area contributed by atoms with Crippen LogP contribution in [-0.2, 0) is 4.74 Å². The van der Waals surface area contributed by atoms with Crippen LogP contribution >= 0.6 is 11.3 Å². The highest BCUT2D eigenvalue weighted by atomic mass is 32.1. The summed E-state index contributed by atoms with van der Waals surface area (Å²) < 4.78 is 13.1. The molecule has 9 heteroatoms. The standard InChI is InChI=1S/C24H24N6O2S/c1-30(2)24-28-22-20(33-24)23(32-16-6-4-3-5-7-16)27-21(26-22)15-10-11-31-18(12-15)17-13-25-29-19(17)14-8-9-14/h3-7,12-14,18H,8-11H2,1-2H3,(H,25,29)/t18-/m1/s1. The fraction of sp³-hybridized carbons (Fsp3) is 0.333. The molecule has 3 aromatic heterocycles. The molecular formula is C24H24N6O2S. The zero-order valence-corrected chi connectivity index (χ0v) is 19.3. The summed E-state index contributed by atoms with van der Waals surface area (Å²) in [6.07, 6.45) is 7.03. The number of para-hydroxylation sites is 1. The maximum absolute atomic E-state index is 6.20. The Hall–Kier alpha value is -3.30. The first-order valence-electron chi connectivity index (χ1n) is 11.1. The maximum Gasteiger partial charge on any atom is 0.242 e. The average molecular weight is 461 g/mol. The SMILES string of the molecule is CN(C)c1nc2nc(C3=C[C@H](c4c[nH]nc4C4CC4)OCC3)nc(Oc3ccccc3)c2s1. The van der Waals surface area contributed by atoms with Crippen molar-refractivity contribution >= 4 is 32.4 Å². The molecule has 1 fully saturated rings. The molecule has 0 bridgehead atoms. The van der Waals surface area contributed by atoms with E-state index in [1.807, 2.05) is 55.5 Å². The summed E-state index contributed by atoms with van der Waals surface area (Å²) in [7, 11) is 3.94. The van der Waals surface area contributed by atoms with Crippen molar-refractivity contribution in [2.24, 2.45) is 0 Å². The number of fused-ring (bicyclic) bond motifs is 1. The van der Waals surface area contributed by atoms with Crippen molar-refractivity contribution in [3.8, 4) is 11.6 Å². The number of nitrogens with one attached hydrogen (secondary N) is 1. The van der Waals surface area contributed by atoms with Gasteiger partial charge in [-0.05, 0) is 43.0 Å². The molecule has 1 aliphatic carbocycles. The Morgan fingerprint density at radius 2 is 1.97 bits per heavy atom. The normalized spacial score (nSPS) is 18.4. The monoisotopic (exact) mass is 460 g/mol. The minimum Gasteiger partial charge on any atom is -0.437 e. The lowest BCUT2D eigenvalue weighted by atomic mass is 10.0. The number of benzene rings is 1. The van der Waals surface area contributed by atoms with E-state index < -0.39 is 0 Å². The van der Waals surface area contributed by atoms with Crippen molar-refractivity contribution in [2.75, 3.05) is 25.6 Å². The Bertz CT molecular complexity index is 1330. The van der Waals surface area contributed by atoms with Crippen LogP contribution in [0.1, 0.15) is 48.4 Å². The molecule has 0 amide bonds. The number of aromatic nitrogens is 5. The van der Waals surface area contributed by atoms with Crippen LogP contribution in [0.5, 0.6) is 11.6 Å². The highest BCUT2D eigenvalue weighted by Crippen LogP contribution is 2.44. The van der Waals surface area contributed by atoms with Crippen LogP contribution < -0.4 is 9.64 Å². The summed E-state index contributed by atoms with van der Waals surface area (Å²) in [5, 5.41) is 8.36. The second-order valence-corrected chi connectivity index (χ2v) is 9.52. The van der Waals surface area contributed by atoms with Crippen molar-refractivity contribution in [2.45, 2.75) is 31.3 Å². The van der Waals surface area contributed by atoms with Crippen molar-refractivity contribution in [1.82, 2.24) is 25.1 Å². The van der Waals surface area contributed by atoms with E-state index in [1.165, 1.54) is 24.2 Å². The lowest BCUT2D eigenvalue weighted by Gasteiger charge is -2.21. The number of H-pyrrole nitrogens is 1. The topological polar surface area (TPSA) is 89.1 Å². The van der Waals surface area contributed by atoms with Gasteiger partial charge >= 0.3 is 0 Å². The molecule has 33 heavy (non-hydrogen) atoms. The van der Waals surface area contributed by atoms with Crippen molar-refractivity contribution < 1.29 is 9.47 Å². The van der Waals surface area contributed by atoms with E-state index in [9.17, 15) is 0 Å². The molecule has 1 saturated carbocycles. The smallest absolute Gasteiger partial charge is 0.242 e. The summed E-state index contributed by atoms with van der Waals surface area (Å²) in [6, 6.07) is 9.69. The Morgan fingerprint density at radius 1 is 1.12 bits per heavy atom. The van der Waals surface area contributed by atoms with Gasteiger partial charge in [-0.15, -0.1) is 0 Å². The number of hydrogen-bond acceptors (Lipinski definition) is 8. The Morgan fingerprint density at radius 3 is 2.76 bits per heavy atom. The first-order chi connectivity index (χ1) is 16.2. The van der Waals surface area contributed by atoms with Crippen LogP contribution in [-0.4, -0.2) is 45.9 Å². The molecule has 168 valence electrons. The van der Waals surface area contributed by atoms with E-state index in [0.29, 0.717) is 29.9 Å². The van der Waals surface area contributed by atoms with Gasteiger partial charge < -0.3 is 14.4 Å². The molecule has 1 aromatic carbocycles. The summed E-state index contributed by atoms with van der Waals surface area (Å²) in [5.74, 6) is 2.44. The van der Waals surface area contributed by atoms with Crippen LogP contribution in [0, 0.1) is 0 Å². The van der Waals surface area contributed by atoms with Crippen LogP contribution in [0.15, 0.2) is 42.6 Å². The summed E-state index contributed by atoms with van der Waals surface area (Å²) in [6.45, 7) is 0.599. The van der Waals surface area contributed by atoms with Crippen molar-refractivity contribution in [1.29, 1.82) is 0 Å². The fourth-order valence-corrected chi connectivity index (χ4v) is 4.84. The lowest BCUT2D eigenvalue weighted by molar-refractivity contribution is 0.0820. The number of rotatable bonds is 6. The number of anilines is 1. The molecule has 1 aliphatic heterocycles. The highest BCUT2D eigenvalue weighted by molar-refractivity contribution is 7.22. The molecule has 4 aromatic rings. The van der Waals surface area contributed by atoms with Crippen LogP contribution in [0.4, 0.5) is 5.13 Å². The Labute approximate surface area is 195 Å². The number of aromatic amines is 1. The van der Waals surface area contributed by atoms with Crippen LogP contribution in [0.3, 0.4) is 0 Å². The van der Waals surface area contributed by atoms with Gasteiger partial charge in [0.1, 0.15) is 16.6 Å². The molecule has 1 atom stereocenters. The maximum atomic E-state index is 6.20. The van der Waals surface area contributed by atoms with Gasteiger partial charge in [-0.1, -0.05) is 29.5 Å². The highest BCUT2D eigenvalue weighted by Gasteiger charge is 2.32. The van der Waals surface area contributed by atoms with Gasteiger partial charge in [-0.2, -0.15) is 15.1 Å². The van der Waals surface area contributed by atoms with E-state index in [-0.39, 0.29) is 6.10 Å². The molecule has 6 rings (SSSR count). The molecule has 8 nitrogen and oxygen atoms in total. The largest absolute Gasteiger partial charge is 0.437 e. The van der Waals surface area contributed by atoms with Gasteiger partial charge in [0.05, 0.1) is 12.3 Å². The molecule has 0 saturated heterocycles. The van der Waals surface area contributed by atoms with Gasteiger partial charge in [-0.25, -0.2) is 4.98 Å². The Balaban J connectivity index is 1.42. The first kappa shape index (κ1) is 20.3. The van der Waals surface area contributed by atoms with E-state index >= 15 is 0 Å². The minimum absolute atomic E-state index is 0.159. The minimum atomic E-state index is -0.159. The van der Waals surface area contributed by atoms with Gasteiger partial charge in [0.2, 0.25) is 5.88 Å². The number of hydrogen-bond donors (Lipinski definition) is 1. The lowest BCUT2D eigenvalue weighted by Crippen LogP contribution is -2.12. The van der Waals surface area contributed by atoms with E-state index in [0.717, 1.165) is 38.8 Å². The summed E-state index contributed by atoms with van der Waals surface area (Å²) in [4.78, 5) is 16.4. The first-order valence-corrected chi connectivity index (χ1v) is 11.9. The fourth-order valence-electron chi connectivity index (χ4n) is 3.99.